The van der Waals surface area contributed by atoms with E-state index in [1.807, 2.05) is 27.7 Å². The van der Waals surface area contributed by atoms with Crippen molar-refractivity contribution >= 4 is 18.3 Å². The summed E-state index contributed by atoms with van der Waals surface area (Å²) >= 11 is 0. The van der Waals surface area contributed by atoms with Gasteiger partial charge in [-0.05, 0) is 52.4 Å². The second-order valence-corrected chi connectivity index (χ2v) is 7.03. The van der Waals surface area contributed by atoms with Crippen molar-refractivity contribution in [1.82, 2.24) is 10.2 Å². The van der Waals surface area contributed by atoms with Crippen LogP contribution in [0.5, 0.6) is 0 Å². The molecule has 0 bridgehead atoms. The van der Waals surface area contributed by atoms with Gasteiger partial charge in [0.2, 0.25) is 5.91 Å². The fourth-order valence-electron chi connectivity index (χ4n) is 3.30. The van der Waals surface area contributed by atoms with E-state index < -0.39 is 0 Å². The fraction of sp³-hybridized carbons (Fsp3) is 0.929. The van der Waals surface area contributed by atoms with Gasteiger partial charge in [0.05, 0.1) is 6.04 Å². The normalized spacial score (nSPS) is 32.6. The third kappa shape index (κ3) is 3.83. The molecule has 4 nitrogen and oxygen atoms in total. The number of halogens is 1. The molecular weight excluding hydrogens is 262 g/mol. The number of hydrogen-bond donors (Lipinski definition) is 2. The molecule has 4 atom stereocenters. The van der Waals surface area contributed by atoms with Crippen LogP contribution in [-0.2, 0) is 4.79 Å². The molecule has 1 saturated carbocycles. The highest BCUT2D eigenvalue weighted by atomic mass is 35.5. The lowest BCUT2D eigenvalue weighted by Crippen LogP contribution is -2.50. The Bertz CT molecular complexity index is 329. The highest BCUT2D eigenvalue weighted by molar-refractivity contribution is 5.85. The van der Waals surface area contributed by atoms with E-state index in [0.717, 1.165) is 19.5 Å². The Labute approximate surface area is 122 Å². The van der Waals surface area contributed by atoms with Gasteiger partial charge in [-0.2, -0.15) is 0 Å². The average Bonchev–Trinajstić information content (AvgIpc) is 2.77. The molecule has 2 aliphatic rings. The first kappa shape index (κ1) is 16.7. The van der Waals surface area contributed by atoms with Crippen LogP contribution in [0.2, 0.25) is 0 Å². The fourth-order valence-corrected chi connectivity index (χ4v) is 3.30. The van der Waals surface area contributed by atoms with Crippen molar-refractivity contribution in [3.8, 4) is 0 Å². The molecule has 5 heteroatoms. The molecular formula is C14H28ClN3O. The zero-order chi connectivity index (χ0) is 13.5. The van der Waals surface area contributed by atoms with Gasteiger partial charge >= 0.3 is 0 Å². The highest BCUT2D eigenvalue weighted by Gasteiger charge is 2.43. The summed E-state index contributed by atoms with van der Waals surface area (Å²) in [5, 5.41) is 3.06. The first-order valence-corrected chi connectivity index (χ1v) is 7.09. The molecule has 2 rings (SSSR count). The van der Waals surface area contributed by atoms with Crippen LogP contribution in [0.15, 0.2) is 0 Å². The van der Waals surface area contributed by atoms with Crippen LogP contribution in [0.4, 0.5) is 0 Å². The van der Waals surface area contributed by atoms with Crippen molar-refractivity contribution < 1.29 is 4.79 Å². The van der Waals surface area contributed by atoms with E-state index in [0.29, 0.717) is 17.9 Å². The minimum atomic E-state index is -0.155. The minimum absolute atomic E-state index is 0. The van der Waals surface area contributed by atoms with E-state index in [4.69, 9.17) is 5.73 Å². The standard InChI is InChI=1S/C14H27N3O.ClH/c1-9(13(18)16-14(2,3)4)17-7-10-5-6-12(15)11(10)8-17;/h9-12H,5-8,15H2,1-4H3,(H,16,18);1H. The van der Waals surface area contributed by atoms with E-state index in [9.17, 15) is 4.79 Å². The lowest BCUT2D eigenvalue weighted by atomic mass is 9.98. The maximum atomic E-state index is 12.2. The Kier molecular flexibility index (Phi) is 5.27. The first-order chi connectivity index (χ1) is 8.28. The number of likely N-dealkylation sites (tertiary alicyclic amines) is 1. The minimum Gasteiger partial charge on any atom is -0.350 e. The van der Waals surface area contributed by atoms with Crippen LogP contribution in [0, 0.1) is 11.8 Å². The second kappa shape index (κ2) is 5.98. The molecule has 0 radical (unpaired) electrons. The molecule has 3 N–H and O–H groups in total. The van der Waals surface area contributed by atoms with Crippen LogP contribution in [0.25, 0.3) is 0 Å². The summed E-state index contributed by atoms with van der Waals surface area (Å²) in [4.78, 5) is 14.5. The SMILES string of the molecule is CC(C(=O)NC(C)(C)C)N1CC2CCC(N)C2C1.Cl. The molecule has 0 spiro atoms. The summed E-state index contributed by atoms with van der Waals surface area (Å²) in [6.45, 7) is 10.1. The van der Waals surface area contributed by atoms with Crippen LogP contribution < -0.4 is 11.1 Å². The molecule has 0 aromatic rings. The third-order valence-electron chi connectivity index (χ3n) is 4.37. The van der Waals surface area contributed by atoms with Gasteiger partial charge in [-0.15, -0.1) is 12.4 Å². The van der Waals surface area contributed by atoms with E-state index >= 15 is 0 Å². The highest BCUT2D eigenvalue weighted by Crippen LogP contribution is 2.37. The van der Waals surface area contributed by atoms with Crippen LogP contribution >= 0.6 is 12.4 Å². The zero-order valence-corrected chi connectivity index (χ0v) is 13.3. The summed E-state index contributed by atoms with van der Waals surface area (Å²) in [5.74, 6) is 1.45. The number of nitrogens with one attached hydrogen (secondary N) is 1. The molecule has 1 aliphatic heterocycles. The number of rotatable bonds is 2. The summed E-state index contributed by atoms with van der Waals surface area (Å²) < 4.78 is 0. The van der Waals surface area contributed by atoms with Crippen LogP contribution in [0.3, 0.4) is 0 Å². The molecule has 19 heavy (non-hydrogen) atoms. The zero-order valence-electron chi connectivity index (χ0n) is 12.5. The molecule has 4 unspecified atom stereocenters. The van der Waals surface area contributed by atoms with Gasteiger partial charge in [0.15, 0.2) is 0 Å². The van der Waals surface area contributed by atoms with Gasteiger partial charge in [0.1, 0.15) is 0 Å². The van der Waals surface area contributed by atoms with Gasteiger partial charge in [0, 0.05) is 24.7 Å². The van der Waals surface area contributed by atoms with Crippen molar-refractivity contribution in [2.75, 3.05) is 13.1 Å². The molecule has 112 valence electrons. The molecule has 0 aromatic heterocycles. The molecule has 1 saturated heterocycles. The van der Waals surface area contributed by atoms with E-state index in [2.05, 4.69) is 10.2 Å². The van der Waals surface area contributed by atoms with Gasteiger partial charge in [-0.1, -0.05) is 0 Å². The van der Waals surface area contributed by atoms with Crippen molar-refractivity contribution in [3.05, 3.63) is 0 Å². The number of nitrogens with zero attached hydrogens (tertiary/aromatic N) is 1. The predicted octanol–water partition coefficient (Wildman–Crippen LogP) is 1.38. The molecule has 1 aliphatic carbocycles. The monoisotopic (exact) mass is 289 g/mol. The summed E-state index contributed by atoms with van der Waals surface area (Å²) in [6.07, 6.45) is 2.39. The lowest BCUT2D eigenvalue weighted by molar-refractivity contribution is -0.127. The number of fused-ring (bicyclic) bond motifs is 1. The second-order valence-electron chi connectivity index (χ2n) is 7.03. The van der Waals surface area contributed by atoms with E-state index in [-0.39, 0.29) is 29.9 Å². The molecule has 0 aromatic carbocycles. The largest absolute Gasteiger partial charge is 0.350 e. The maximum absolute atomic E-state index is 12.2. The van der Waals surface area contributed by atoms with Crippen LogP contribution in [-0.4, -0.2) is 41.5 Å². The van der Waals surface area contributed by atoms with Crippen molar-refractivity contribution in [3.63, 3.8) is 0 Å². The van der Waals surface area contributed by atoms with Gasteiger partial charge < -0.3 is 11.1 Å². The van der Waals surface area contributed by atoms with Crippen molar-refractivity contribution in [1.29, 1.82) is 0 Å². The summed E-state index contributed by atoms with van der Waals surface area (Å²) in [7, 11) is 0. The van der Waals surface area contributed by atoms with Gasteiger partial charge in [0.25, 0.3) is 0 Å². The number of carbonyl (C=O) groups is 1. The Hall–Kier alpha value is -0.320. The molecule has 1 heterocycles. The third-order valence-corrected chi connectivity index (χ3v) is 4.37. The summed E-state index contributed by atoms with van der Waals surface area (Å²) in [6, 6.07) is 0.305. The van der Waals surface area contributed by atoms with Crippen molar-refractivity contribution in [2.45, 2.75) is 58.2 Å². The lowest BCUT2D eigenvalue weighted by Gasteiger charge is -2.29. The van der Waals surface area contributed by atoms with Crippen molar-refractivity contribution in [2.24, 2.45) is 17.6 Å². The number of carbonyl (C=O) groups excluding carboxylic acids is 1. The van der Waals surface area contributed by atoms with E-state index in [1.165, 1.54) is 6.42 Å². The smallest absolute Gasteiger partial charge is 0.237 e. The Morgan fingerprint density at radius 3 is 2.47 bits per heavy atom. The Morgan fingerprint density at radius 1 is 1.32 bits per heavy atom. The Balaban J connectivity index is 0.00000180. The predicted molar refractivity (Wildman–Crippen MR) is 80.4 cm³/mol. The molecule has 1 amide bonds. The van der Waals surface area contributed by atoms with E-state index in [1.54, 1.807) is 0 Å². The quantitative estimate of drug-likeness (QED) is 0.807. The first-order valence-electron chi connectivity index (χ1n) is 7.09. The van der Waals surface area contributed by atoms with Crippen LogP contribution in [0.1, 0.15) is 40.5 Å². The topological polar surface area (TPSA) is 58.4 Å². The van der Waals surface area contributed by atoms with Gasteiger partial charge in [-0.25, -0.2) is 0 Å². The number of nitrogens with two attached hydrogens (primary N) is 1. The number of amides is 1. The molecule has 2 fully saturated rings. The van der Waals surface area contributed by atoms with Gasteiger partial charge in [-0.3, -0.25) is 9.69 Å². The maximum Gasteiger partial charge on any atom is 0.237 e. The Morgan fingerprint density at radius 2 is 1.95 bits per heavy atom. The average molecular weight is 290 g/mol. The summed E-state index contributed by atoms with van der Waals surface area (Å²) in [5.41, 5.74) is 5.98. The number of hydrogen-bond acceptors (Lipinski definition) is 3.